The number of aromatic nitrogens is 2. The molecule has 6 nitrogen and oxygen atoms in total. The largest absolute Gasteiger partial charge is 0.461 e. The van der Waals surface area contributed by atoms with Crippen LogP contribution < -0.4 is 0 Å². The van der Waals surface area contributed by atoms with Crippen molar-refractivity contribution < 1.29 is 19.0 Å². The second-order valence-corrected chi connectivity index (χ2v) is 7.64. The van der Waals surface area contributed by atoms with Crippen molar-refractivity contribution in [1.82, 2.24) is 9.78 Å². The number of hydrogen-bond acceptors (Lipinski definition) is 5. The van der Waals surface area contributed by atoms with Gasteiger partial charge in [-0.2, -0.15) is 5.10 Å². The first-order chi connectivity index (χ1) is 13.2. The van der Waals surface area contributed by atoms with Gasteiger partial charge in [0.15, 0.2) is 5.69 Å². The Bertz CT molecular complexity index is 620. The molecule has 1 fully saturated rings. The van der Waals surface area contributed by atoms with E-state index in [-0.39, 0.29) is 5.97 Å². The summed E-state index contributed by atoms with van der Waals surface area (Å²) in [6.07, 6.45) is 5.73. The maximum absolute atomic E-state index is 12.5. The van der Waals surface area contributed by atoms with Crippen LogP contribution in [0.5, 0.6) is 0 Å². The molecule has 3 rings (SSSR count). The Labute approximate surface area is 162 Å². The third-order valence-corrected chi connectivity index (χ3v) is 6.16. The minimum atomic E-state index is -0.292. The number of rotatable bonds is 8. The number of carbonyl (C=O) groups is 1. The molecule has 0 unspecified atom stereocenters. The quantitative estimate of drug-likeness (QED) is 0.642. The fraction of sp³-hybridized carbons (Fsp3) is 0.810. The second kappa shape index (κ2) is 9.69. The molecule has 1 aliphatic carbocycles. The van der Waals surface area contributed by atoms with Crippen molar-refractivity contribution >= 4 is 5.97 Å². The molecule has 0 aromatic carbocycles. The summed E-state index contributed by atoms with van der Waals surface area (Å²) < 4.78 is 18.6. The highest BCUT2D eigenvalue weighted by Crippen LogP contribution is 2.42. The van der Waals surface area contributed by atoms with E-state index in [1.807, 2.05) is 11.6 Å². The van der Waals surface area contributed by atoms with Crippen LogP contribution in [0.1, 0.15) is 80.5 Å². The molecule has 0 amide bonds. The molecule has 27 heavy (non-hydrogen) atoms. The number of esters is 1. The Morgan fingerprint density at radius 2 is 2.00 bits per heavy atom. The van der Waals surface area contributed by atoms with Crippen LogP contribution in [0.15, 0.2) is 0 Å². The van der Waals surface area contributed by atoms with Crippen LogP contribution in [-0.4, -0.2) is 42.2 Å². The van der Waals surface area contributed by atoms with Crippen molar-refractivity contribution in [2.45, 2.75) is 71.9 Å². The number of ether oxygens (including phenoxy) is 3. The molecule has 1 aromatic heterocycles. The van der Waals surface area contributed by atoms with Gasteiger partial charge in [0.05, 0.1) is 32.1 Å². The van der Waals surface area contributed by atoms with Gasteiger partial charge in [-0.25, -0.2) is 4.79 Å². The number of fused-ring (bicyclic) bond motifs is 1. The molecular weight excluding hydrogens is 344 g/mol. The molecule has 1 saturated carbocycles. The smallest absolute Gasteiger partial charge is 0.359 e. The normalized spacial score (nSPS) is 23.7. The van der Waals surface area contributed by atoms with E-state index in [9.17, 15) is 4.79 Å². The maximum atomic E-state index is 12.5. The Morgan fingerprint density at radius 3 is 2.67 bits per heavy atom. The topological polar surface area (TPSA) is 62.6 Å². The lowest BCUT2D eigenvalue weighted by Gasteiger charge is -2.34. The minimum absolute atomic E-state index is 0.292. The van der Waals surface area contributed by atoms with Gasteiger partial charge in [-0.3, -0.25) is 4.68 Å². The van der Waals surface area contributed by atoms with E-state index in [0.29, 0.717) is 49.8 Å². The van der Waals surface area contributed by atoms with Gasteiger partial charge >= 0.3 is 5.97 Å². The van der Waals surface area contributed by atoms with E-state index >= 15 is 0 Å². The molecule has 1 atom stereocenters. The van der Waals surface area contributed by atoms with Crippen LogP contribution in [0.25, 0.3) is 0 Å². The summed E-state index contributed by atoms with van der Waals surface area (Å²) in [5, 5.41) is 4.60. The van der Waals surface area contributed by atoms with Crippen molar-refractivity contribution in [3.63, 3.8) is 0 Å². The molecule has 1 aromatic rings. The highest BCUT2D eigenvalue weighted by molar-refractivity contribution is 5.89. The van der Waals surface area contributed by atoms with E-state index in [1.165, 1.54) is 19.3 Å². The summed E-state index contributed by atoms with van der Waals surface area (Å²) in [5.74, 6) is 1.43. The minimum Gasteiger partial charge on any atom is -0.461 e. The zero-order valence-electron chi connectivity index (χ0n) is 17.0. The van der Waals surface area contributed by atoms with Gasteiger partial charge in [0, 0.05) is 18.8 Å². The lowest BCUT2D eigenvalue weighted by Crippen LogP contribution is -2.25. The average molecular weight is 379 g/mol. The van der Waals surface area contributed by atoms with E-state index in [4.69, 9.17) is 14.2 Å². The SMILES string of the molecule is CCOC[C@H](CC)C1CCC(c2c(C(=O)OCC)nn3c2COCC3)CC1. The standard InChI is InChI=1S/C21H34N2O4/c1-4-15(13-25-5-2)16-7-9-17(10-8-16)19-18-14-26-12-11-23(18)22-20(19)21(24)27-6-3/h15-17H,4-14H2,1-3H3/t15-,16?,17?/m0/s1. The van der Waals surface area contributed by atoms with Gasteiger partial charge in [-0.05, 0) is 57.3 Å². The third kappa shape index (κ3) is 4.54. The lowest BCUT2D eigenvalue weighted by atomic mass is 9.73. The number of nitrogens with zero attached hydrogens (tertiary/aromatic N) is 2. The molecular formula is C21H34N2O4. The van der Waals surface area contributed by atoms with Crippen LogP contribution in [0, 0.1) is 11.8 Å². The van der Waals surface area contributed by atoms with Crippen molar-refractivity contribution in [3.05, 3.63) is 17.0 Å². The van der Waals surface area contributed by atoms with Gasteiger partial charge < -0.3 is 14.2 Å². The molecule has 2 heterocycles. The van der Waals surface area contributed by atoms with E-state index < -0.39 is 0 Å². The molecule has 1 aliphatic heterocycles. The first kappa shape index (κ1) is 20.3. The molecule has 0 N–H and O–H groups in total. The second-order valence-electron chi connectivity index (χ2n) is 7.64. The zero-order chi connectivity index (χ0) is 19.2. The predicted octanol–water partition coefficient (Wildman–Crippen LogP) is 3.93. The Morgan fingerprint density at radius 1 is 1.22 bits per heavy atom. The molecule has 0 saturated heterocycles. The fourth-order valence-corrected chi connectivity index (χ4v) is 4.68. The van der Waals surface area contributed by atoms with Crippen molar-refractivity contribution in [3.8, 4) is 0 Å². The molecule has 0 bridgehead atoms. The summed E-state index contributed by atoms with van der Waals surface area (Å²) in [6.45, 7) is 10.1. The Kier molecular flexibility index (Phi) is 7.30. The highest BCUT2D eigenvalue weighted by Gasteiger charge is 2.34. The average Bonchev–Trinajstić information content (AvgIpc) is 3.09. The number of carbonyl (C=O) groups excluding carboxylic acids is 1. The summed E-state index contributed by atoms with van der Waals surface area (Å²) >= 11 is 0. The summed E-state index contributed by atoms with van der Waals surface area (Å²) in [6, 6.07) is 0. The molecule has 2 aliphatic rings. The first-order valence-electron chi connectivity index (χ1n) is 10.6. The van der Waals surface area contributed by atoms with Crippen molar-refractivity contribution in [1.29, 1.82) is 0 Å². The van der Waals surface area contributed by atoms with E-state index in [1.54, 1.807) is 0 Å². The fourth-order valence-electron chi connectivity index (χ4n) is 4.68. The molecule has 6 heteroatoms. The maximum Gasteiger partial charge on any atom is 0.359 e. The summed E-state index contributed by atoms with van der Waals surface area (Å²) in [5.41, 5.74) is 2.68. The monoisotopic (exact) mass is 378 g/mol. The molecule has 0 radical (unpaired) electrons. The van der Waals surface area contributed by atoms with Crippen LogP contribution in [0.2, 0.25) is 0 Å². The van der Waals surface area contributed by atoms with Crippen molar-refractivity contribution in [2.75, 3.05) is 26.4 Å². The van der Waals surface area contributed by atoms with Gasteiger partial charge in [-0.1, -0.05) is 13.3 Å². The molecule has 0 spiro atoms. The van der Waals surface area contributed by atoms with Crippen molar-refractivity contribution in [2.24, 2.45) is 11.8 Å². The van der Waals surface area contributed by atoms with Gasteiger partial charge in [0.2, 0.25) is 0 Å². The number of hydrogen-bond donors (Lipinski definition) is 0. The van der Waals surface area contributed by atoms with Crippen LogP contribution in [0.4, 0.5) is 0 Å². The van der Waals surface area contributed by atoms with Crippen LogP contribution in [0.3, 0.4) is 0 Å². The van der Waals surface area contributed by atoms with E-state index in [2.05, 4.69) is 18.9 Å². The van der Waals surface area contributed by atoms with Gasteiger partial charge in [0.1, 0.15) is 0 Å². The third-order valence-electron chi connectivity index (χ3n) is 6.16. The van der Waals surface area contributed by atoms with Gasteiger partial charge in [0.25, 0.3) is 0 Å². The summed E-state index contributed by atoms with van der Waals surface area (Å²) in [4.78, 5) is 12.5. The zero-order valence-corrected chi connectivity index (χ0v) is 17.0. The Balaban J connectivity index is 1.75. The van der Waals surface area contributed by atoms with Crippen LogP contribution >= 0.6 is 0 Å². The van der Waals surface area contributed by atoms with E-state index in [0.717, 1.165) is 37.3 Å². The Hall–Kier alpha value is -1.40. The predicted molar refractivity (Wildman–Crippen MR) is 103 cm³/mol. The summed E-state index contributed by atoms with van der Waals surface area (Å²) in [7, 11) is 0. The highest BCUT2D eigenvalue weighted by atomic mass is 16.5. The lowest BCUT2D eigenvalue weighted by molar-refractivity contribution is 0.0514. The van der Waals surface area contributed by atoms with Crippen LogP contribution in [-0.2, 0) is 27.4 Å². The molecule has 152 valence electrons. The first-order valence-corrected chi connectivity index (χ1v) is 10.6. The van der Waals surface area contributed by atoms with Gasteiger partial charge in [-0.15, -0.1) is 0 Å².